The summed E-state index contributed by atoms with van der Waals surface area (Å²) in [4.78, 5) is 61.0. The van der Waals surface area contributed by atoms with Crippen LogP contribution in [-0.2, 0) is 36.8 Å². The number of H-pyrrole nitrogens is 1. The summed E-state index contributed by atoms with van der Waals surface area (Å²) in [7, 11) is -5.41. The van der Waals surface area contributed by atoms with Crippen molar-refractivity contribution in [2.75, 3.05) is 18.9 Å². The van der Waals surface area contributed by atoms with Crippen LogP contribution in [0, 0.1) is 0 Å². The van der Waals surface area contributed by atoms with Crippen LogP contribution in [0.4, 0.5) is 5.95 Å². The SMILES string of the molecule is [2H]CCON[C@@H](C)C(=O)C(OCCn1cnc2c(=O)[nH]c(N)nc21)(OCc1ccccc1)P(=O)(O)O. The summed E-state index contributed by atoms with van der Waals surface area (Å²) in [6, 6.07) is 7.18. The minimum Gasteiger partial charge on any atom is -0.369 e. The van der Waals surface area contributed by atoms with Crippen LogP contribution >= 0.6 is 7.60 Å². The number of hydrogen-bond acceptors (Lipinski definition) is 10. The van der Waals surface area contributed by atoms with Gasteiger partial charge in [0.05, 0.1) is 32.2 Å². The van der Waals surface area contributed by atoms with Gasteiger partial charge in [-0.25, -0.2) is 4.98 Å². The van der Waals surface area contributed by atoms with Gasteiger partial charge < -0.3 is 34.4 Å². The van der Waals surface area contributed by atoms with Crippen molar-refractivity contribution in [2.24, 2.45) is 0 Å². The molecule has 3 rings (SSSR count). The van der Waals surface area contributed by atoms with Crippen LogP contribution < -0.4 is 16.8 Å². The van der Waals surface area contributed by atoms with E-state index in [-0.39, 0.29) is 43.8 Å². The van der Waals surface area contributed by atoms with Crippen molar-refractivity contribution in [3.05, 3.63) is 52.6 Å². The maximum Gasteiger partial charge on any atom is 0.393 e. The number of hydrogen-bond donors (Lipinski definition) is 5. The molecular formula is C20H27N6O8P. The Morgan fingerprint density at radius 1 is 1.37 bits per heavy atom. The molecule has 2 aromatic heterocycles. The van der Waals surface area contributed by atoms with Gasteiger partial charge >= 0.3 is 13.1 Å². The van der Waals surface area contributed by atoms with E-state index in [9.17, 15) is 23.9 Å². The summed E-state index contributed by atoms with van der Waals surface area (Å²) in [5.41, 5.74) is 5.06. The number of hydroxylamine groups is 1. The molecule has 15 heteroatoms. The van der Waals surface area contributed by atoms with Gasteiger partial charge in [-0.1, -0.05) is 30.3 Å². The second-order valence-corrected chi connectivity index (χ2v) is 9.04. The number of carbonyl (C=O) groups is 1. The first-order valence-electron chi connectivity index (χ1n) is 11.1. The van der Waals surface area contributed by atoms with E-state index in [2.05, 4.69) is 20.4 Å². The molecule has 0 radical (unpaired) electrons. The summed E-state index contributed by atoms with van der Waals surface area (Å²) in [5, 5.41) is 0. The predicted octanol–water partition coefficient (Wildman–Crippen LogP) is 0.265. The third-order valence-electron chi connectivity index (χ3n) is 4.85. The van der Waals surface area contributed by atoms with Crippen LogP contribution in [0.3, 0.4) is 0 Å². The van der Waals surface area contributed by atoms with E-state index in [1.807, 2.05) is 0 Å². The van der Waals surface area contributed by atoms with Gasteiger partial charge in [0.25, 0.3) is 5.56 Å². The van der Waals surface area contributed by atoms with Gasteiger partial charge in [0.1, 0.15) is 0 Å². The first-order chi connectivity index (χ1) is 17.1. The fraction of sp³-hybridized carbons (Fsp3) is 0.400. The number of ketones is 1. The van der Waals surface area contributed by atoms with Gasteiger partial charge in [-0.15, -0.1) is 0 Å². The van der Waals surface area contributed by atoms with Gasteiger partial charge in [-0.05, 0) is 19.4 Å². The molecule has 0 saturated carbocycles. The summed E-state index contributed by atoms with van der Waals surface area (Å²) in [6.45, 7) is 0.265. The highest BCUT2D eigenvalue weighted by Gasteiger charge is 2.58. The summed E-state index contributed by atoms with van der Waals surface area (Å²) in [6.07, 6.45) is 1.28. The lowest BCUT2D eigenvalue weighted by atomic mass is 10.2. The third kappa shape index (κ3) is 6.00. The number of nitrogens with two attached hydrogens (primary N) is 1. The Hall–Kier alpha value is -2.97. The Balaban J connectivity index is 1.88. The van der Waals surface area contributed by atoms with Gasteiger partial charge in [-0.2, -0.15) is 10.5 Å². The van der Waals surface area contributed by atoms with E-state index in [4.69, 9.17) is 21.4 Å². The number of aromatic amines is 1. The van der Waals surface area contributed by atoms with Crippen molar-refractivity contribution in [1.82, 2.24) is 25.0 Å². The number of fused-ring (bicyclic) bond motifs is 1. The molecule has 3 aromatic rings. The topological polar surface area (TPSA) is 204 Å². The summed E-state index contributed by atoms with van der Waals surface area (Å²) < 4.78 is 32.2. The Bertz CT molecular complexity index is 1280. The standard InChI is InChI=1S/C20H27N6O8P/c1-3-34-25-13(2)16(27)20(35(29,30)31,33-11-14-7-5-4-6-8-14)32-10-9-26-12-22-15-17(26)23-19(21)24-18(15)28/h4-8,12-13,25H,3,9-11H2,1-2H3,(H2,29,30,31)(H3,21,23,24,28)/t13-,20?/m0/s1/i1D. The first kappa shape index (κ1) is 25.1. The fourth-order valence-corrected chi connectivity index (χ4v) is 4.15. The molecule has 0 aliphatic heterocycles. The van der Waals surface area contributed by atoms with E-state index in [1.54, 1.807) is 30.3 Å². The Morgan fingerprint density at radius 2 is 2.11 bits per heavy atom. The molecular weight excluding hydrogens is 483 g/mol. The second-order valence-electron chi connectivity index (χ2n) is 7.36. The van der Waals surface area contributed by atoms with Crippen LogP contribution in [0.1, 0.15) is 20.8 Å². The quantitative estimate of drug-likeness (QED) is 0.0908. The van der Waals surface area contributed by atoms with E-state index in [1.165, 1.54) is 17.8 Å². The Morgan fingerprint density at radius 3 is 2.80 bits per heavy atom. The molecule has 0 aliphatic rings. The smallest absolute Gasteiger partial charge is 0.369 e. The van der Waals surface area contributed by atoms with Gasteiger partial charge in [0.2, 0.25) is 11.7 Å². The van der Waals surface area contributed by atoms with Crippen molar-refractivity contribution in [3.63, 3.8) is 0 Å². The molecule has 0 amide bonds. The average Bonchev–Trinajstić information content (AvgIpc) is 3.23. The maximum atomic E-state index is 13.3. The van der Waals surface area contributed by atoms with E-state index >= 15 is 0 Å². The number of benzene rings is 1. The number of nitrogen functional groups attached to an aromatic ring is 1. The number of ether oxygens (including phenoxy) is 2. The number of nitrogens with zero attached hydrogens (tertiary/aromatic N) is 3. The lowest BCUT2D eigenvalue weighted by Crippen LogP contribution is -2.52. The molecule has 1 unspecified atom stereocenters. The maximum absolute atomic E-state index is 13.3. The van der Waals surface area contributed by atoms with Crippen molar-refractivity contribution in [2.45, 2.75) is 38.5 Å². The van der Waals surface area contributed by atoms with Gasteiger partial charge in [0, 0.05) is 7.92 Å². The Kier molecular flexibility index (Phi) is 8.03. The highest BCUT2D eigenvalue weighted by molar-refractivity contribution is 7.54. The second kappa shape index (κ2) is 11.2. The van der Waals surface area contributed by atoms with E-state index in [0.717, 1.165) is 0 Å². The third-order valence-corrected chi connectivity index (χ3v) is 6.10. The minimum absolute atomic E-state index is 0.00576. The average molecular weight is 511 g/mol. The van der Waals surface area contributed by atoms with Crippen LogP contribution in [0.5, 0.6) is 0 Å². The minimum atomic E-state index is -5.41. The van der Waals surface area contributed by atoms with Crippen LogP contribution in [0.25, 0.3) is 11.2 Å². The zero-order valence-corrected chi connectivity index (χ0v) is 19.7. The highest BCUT2D eigenvalue weighted by Crippen LogP contribution is 2.53. The van der Waals surface area contributed by atoms with Crippen LogP contribution in [0.15, 0.2) is 41.5 Å². The zero-order chi connectivity index (χ0) is 26.3. The number of carbonyl (C=O) groups excluding carboxylic acids is 1. The van der Waals surface area contributed by atoms with Crippen molar-refractivity contribution in [1.29, 1.82) is 0 Å². The van der Waals surface area contributed by atoms with Crippen molar-refractivity contribution < 1.29 is 34.8 Å². The number of imidazole rings is 1. The lowest BCUT2D eigenvalue weighted by Gasteiger charge is -2.34. The number of rotatable bonds is 13. The highest BCUT2D eigenvalue weighted by atomic mass is 31.2. The fourth-order valence-electron chi connectivity index (χ4n) is 3.18. The van der Waals surface area contributed by atoms with Gasteiger partial charge in [-0.3, -0.25) is 19.1 Å². The van der Waals surface area contributed by atoms with E-state index in [0.29, 0.717) is 5.56 Å². The summed E-state index contributed by atoms with van der Waals surface area (Å²) >= 11 is 0. The molecule has 2 atom stereocenters. The normalized spacial score (nSPS) is 15.0. The molecule has 0 fully saturated rings. The molecule has 0 spiro atoms. The Labute approximate surface area is 200 Å². The molecule has 6 N–H and O–H groups in total. The molecule has 0 aliphatic carbocycles. The molecule has 190 valence electrons. The predicted molar refractivity (Wildman–Crippen MR) is 124 cm³/mol. The number of anilines is 1. The van der Waals surface area contributed by atoms with Crippen molar-refractivity contribution in [3.8, 4) is 0 Å². The van der Waals surface area contributed by atoms with Crippen LogP contribution in [0.2, 0.25) is 0 Å². The van der Waals surface area contributed by atoms with Gasteiger partial charge in [0.15, 0.2) is 11.2 Å². The van der Waals surface area contributed by atoms with E-state index < -0.39 is 37.1 Å². The lowest BCUT2D eigenvalue weighted by molar-refractivity contribution is -0.205. The first-order valence-corrected chi connectivity index (χ1v) is 12.0. The molecule has 35 heavy (non-hydrogen) atoms. The number of nitrogens with one attached hydrogen (secondary N) is 2. The monoisotopic (exact) mass is 511 g/mol. The molecule has 0 bridgehead atoms. The van der Waals surface area contributed by atoms with Crippen LogP contribution in [-0.4, -0.2) is 59.9 Å². The largest absolute Gasteiger partial charge is 0.393 e. The number of Topliss-reactive ketones (excluding diaryl/α,β-unsaturated/α-hetero) is 1. The summed E-state index contributed by atoms with van der Waals surface area (Å²) in [5.74, 6) is -1.26. The molecule has 14 nitrogen and oxygen atoms in total. The zero-order valence-electron chi connectivity index (χ0n) is 19.8. The molecule has 2 heterocycles. The van der Waals surface area contributed by atoms with Crippen molar-refractivity contribution >= 4 is 30.5 Å². The number of aromatic nitrogens is 4. The molecule has 1 aromatic carbocycles. The molecule has 0 saturated heterocycles.